The van der Waals surface area contributed by atoms with E-state index in [2.05, 4.69) is 17.1 Å². The van der Waals surface area contributed by atoms with Gasteiger partial charge in [-0.3, -0.25) is 0 Å². The minimum absolute atomic E-state index is 0.0920. The Hall–Kier alpha value is -1.09. The zero-order chi connectivity index (χ0) is 13.5. The maximum Gasteiger partial charge on any atom is 0.146 e. The van der Waals surface area contributed by atoms with E-state index in [9.17, 15) is 4.39 Å². The number of benzene rings is 1. The second kappa shape index (κ2) is 4.78. The lowest BCUT2D eigenvalue weighted by Gasteiger charge is -2.35. The van der Waals surface area contributed by atoms with Gasteiger partial charge >= 0.3 is 0 Å². The summed E-state index contributed by atoms with van der Waals surface area (Å²) in [7, 11) is 0. The first-order valence-electron chi connectivity index (χ1n) is 7.35. The smallest absolute Gasteiger partial charge is 0.146 e. The molecule has 19 heavy (non-hydrogen) atoms. The molecule has 3 rings (SSSR count). The van der Waals surface area contributed by atoms with Crippen molar-refractivity contribution in [3.8, 4) is 0 Å². The molecule has 1 aliphatic heterocycles. The van der Waals surface area contributed by atoms with Crippen LogP contribution in [0.5, 0.6) is 0 Å². The lowest BCUT2D eigenvalue weighted by Crippen LogP contribution is -2.51. The van der Waals surface area contributed by atoms with Crippen LogP contribution in [0.3, 0.4) is 0 Å². The molecule has 3 heteroatoms. The molecule has 1 unspecified atom stereocenters. The molecule has 104 valence electrons. The third kappa shape index (κ3) is 2.62. The molecule has 2 aliphatic rings. The lowest BCUT2D eigenvalue weighted by atomic mass is 9.95. The monoisotopic (exact) mass is 262 g/mol. The van der Waals surface area contributed by atoms with Crippen LogP contribution >= 0.6 is 0 Å². The van der Waals surface area contributed by atoms with Crippen molar-refractivity contribution in [3.05, 3.63) is 29.6 Å². The minimum Gasteiger partial charge on any atom is -0.367 e. The van der Waals surface area contributed by atoms with E-state index in [1.807, 2.05) is 19.1 Å². The van der Waals surface area contributed by atoms with Crippen molar-refractivity contribution in [1.82, 2.24) is 5.32 Å². The maximum absolute atomic E-state index is 14.1. The first-order valence-corrected chi connectivity index (χ1v) is 7.35. The zero-order valence-electron chi connectivity index (χ0n) is 11.9. The molecule has 1 heterocycles. The Morgan fingerprint density at radius 3 is 2.89 bits per heavy atom. The van der Waals surface area contributed by atoms with E-state index in [0.29, 0.717) is 0 Å². The van der Waals surface area contributed by atoms with Crippen molar-refractivity contribution in [1.29, 1.82) is 0 Å². The van der Waals surface area contributed by atoms with Crippen LogP contribution < -0.4 is 10.2 Å². The van der Waals surface area contributed by atoms with Gasteiger partial charge in [0, 0.05) is 18.6 Å². The van der Waals surface area contributed by atoms with Gasteiger partial charge in [0.25, 0.3) is 0 Å². The number of rotatable bonds is 2. The Balaban J connectivity index is 1.88. The summed E-state index contributed by atoms with van der Waals surface area (Å²) in [4.78, 5) is 2.24. The van der Waals surface area contributed by atoms with Crippen LogP contribution in [-0.2, 0) is 0 Å². The fraction of sp³-hybridized carbons (Fsp3) is 0.625. The summed E-state index contributed by atoms with van der Waals surface area (Å²) in [5.41, 5.74) is 2.05. The second-order valence-electron chi connectivity index (χ2n) is 6.35. The maximum atomic E-state index is 14.1. The Bertz CT molecular complexity index is 470. The van der Waals surface area contributed by atoms with Gasteiger partial charge in [0.15, 0.2) is 0 Å². The van der Waals surface area contributed by atoms with Gasteiger partial charge in [0.05, 0.1) is 5.69 Å². The summed E-state index contributed by atoms with van der Waals surface area (Å²) in [5.74, 6) is 0.673. The van der Waals surface area contributed by atoms with Crippen LogP contribution in [0.4, 0.5) is 10.1 Å². The summed E-state index contributed by atoms with van der Waals surface area (Å²) in [6.45, 7) is 7.22. The SMILES string of the molecule is Cc1ccc(F)c(N2CCCNC(C)(C3CC3)C2)c1. The van der Waals surface area contributed by atoms with E-state index >= 15 is 0 Å². The van der Waals surface area contributed by atoms with Gasteiger partial charge in [-0.1, -0.05) is 6.07 Å². The van der Waals surface area contributed by atoms with Crippen molar-refractivity contribution in [2.75, 3.05) is 24.5 Å². The first kappa shape index (κ1) is 12.9. The lowest BCUT2D eigenvalue weighted by molar-refractivity contribution is 0.331. The van der Waals surface area contributed by atoms with Crippen LogP contribution in [0.2, 0.25) is 0 Å². The fourth-order valence-electron chi connectivity index (χ4n) is 3.24. The van der Waals surface area contributed by atoms with Gasteiger partial charge in [-0.25, -0.2) is 4.39 Å². The van der Waals surface area contributed by atoms with Crippen LogP contribution in [-0.4, -0.2) is 25.2 Å². The van der Waals surface area contributed by atoms with Crippen LogP contribution in [0.1, 0.15) is 31.7 Å². The molecule has 1 atom stereocenters. The minimum atomic E-state index is -0.0920. The Labute approximate surface area is 115 Å². The molecule has 0 amide bonds. The van der Waals surface area contributed by atoms with E-state index in [1.165, 1.54) is 12.8 Å². The van der Waals surface area contributed by atoms with Crippen molar-refractivity contribution in [3.63, 3.8) is 0 Å². The van der Waals surface area contributed by atoms with Crippen molar-refractivity contribution >= 4 is 5.69 Å². The molecule has 1 aromatic carbocycles. The van der Waals surface area contributed by atoms with Gasteiger partial charge in [0.1, 0.15) is 5.82 Å². The molecule has 0 radical (unpaired) electrons. The van der Waals surface area contributed by atoms with Gasteiger partial charge < -0.3 is 10.2 Å². The summed E-state index contributed by atoms with van der Waals surface area (Å²) in [5, 5.41) is 3.69. The Morgan fingerprint density at radius 2 is 2.16 bits per heavy atom. The number of hydrogen-bond acceptors (Lipinski definition) is 2. The Kier molecular flexibility index (Phi) is 3.25. The molecule has 0 aromatic heterocycles. The molecule has 0 spiro atoms. The number of nitrogens with one attached hydrogen (secondary N) is 1. The number of nitrogens with zero attached hydrogens (tertiary/aromatic N) is 1. The number of hydrogen-bond donors (Lipinski definition) is 1. The standard InChI is InChI=1S/C16H23FN2/c1-12-4-7-14(17)15(10-12)19-9-3-8-18-16(2,11-19)13-5-6-13/h4,7,10,13,18H,3,5-6,8-9,11H2,1-2H3. The van der Waals surface area contributed by atoms with Crippen molar-refractivity contribution < 1.29 is 4.39 Å². The highest BCUT2D eigenvalue weighted by Crippen LogP contribution is 2.41. The average molecular weight is 262 g/mol. The average Bonchev–Trinajstić information content (AvgIpc) is 3.19. The number of halogens is 1. The highest BCUT2D eigenvalue weighted by Gasteiger charge is 2.43. The fourth-order valence-corrected chi connectivity index (χ4v) is 3.24. The first-order chi connectivity index (χ1) is 9.08. The van der Waals surface area contributed by atoms with Gasteiger partial charge in [-0.05, 0) is 63.3 Å². The zero-order valence-corrected chi connectivity index (χ0v) is 11.9. The van der Waals surface area contributed by atoms with E-state index in [1.54, 1.807) is 6.07 Å². The molecular weight excluding hydrogens is 239 g/mol. The second-order valence-corrected chi connectivity index (χ2v) is 6.35. The summed E-state index contributed by atoms with van der Waals surface area (Å²) in [6, 6.07) is 5.42. The van der Waals surface area contributed by atoms with Crippen LogP contribution in [0.25, 0.3) is 0 Å². The molecule has 2 fully saturated rings. The summed E-state index contributed by atoms with van der Waals surface area (Å²) >= 11 is 0. The number of aryl methyl sites for hydroxylation is 1. The van der Waals surface area contributed by atoms with Crippen molar-refractivity contribution in [2.45, 2.75) is 38.6 Å². The molecular formula is C16H23FN2. The summed E-state index contributed by atoms with van der Waals surface area (Å²) in [6.07, 6.45) is 3.71. The highest BCUT2D eigenvalue weighted by atomic mass is 19.1. The van der Waals surface area contributed by atoms with Gasteiger partial charge in [-0.2, -0.15) is 0 Å². The molecule has 1 saturated heterocycles. The van der Waals surface area contributed by atoms with Crippen molar-refractivity contribution in [2.24, 2.45) is 5.92 Å². The van der Waals surface area contributed by atoms with E-state index in [4.69, 9.17) is 0 Å². The molecule has 0 bridgehead atoms. The topological polar surface area (TPSA) is 15.3 Å². The number of anilines is 1. The molecule has 1 N–H and O–H groups in total. The van der Waals surface area contributed by atoms with Crippen LogP contribution in [0.15, 0.2) is 18.2 Å². The predicted molar refractivity (Wildman–Crippen MR) is 77.1 cm³/mol. The van der Waals surface area contributed by atoms with Crippen LogP contribution in [0, 0.1) is 18.7 Å². The van der Waals surface area contributed by atoms with E-state index in [-0.39, 0.29) is 11.4 Å². The summed E-state index contributed by atoms with van der Waals surface area (Å²) < 4.78 is 14.1. The molecule has 1 saturated carbocycles. The van der Waals surface area contributed by atoms with Gasteiger partial charge in [-0.15, -0.1) is 0 Å². The normalized spacial score (nSPS) is 28.3. The van der Waals surface area contributed by atoms with E-state index < -0.39 is 0 Å². The Morgan fingerprint density at radius 1 is 1.37 bits per heavy atom. The molecule has 1 aliphatic carbocycles. The molecule has 2 nitrogen and oxygen atoms in total. The third-order valence-corrected chi connectivity index (χ3v) is 4.57. The van der Waals surface area contributed by atoms with E-state index in [0.717, 1.165) is 43.2 Å². The highest BCUT2D eigenvalue weighted by molar-refractivity contribution is 5.50. The third-order valence-electron chi connectivity index (χ3n) is 4.57. The quantitative estimate of drug-likeness (QED) is 0.881. The largest absolute Gasteiger partial charge is 0.367 e. The molecule has 1 aromatic rings. The predicted octanol–water partition coefficient (Wildman–Crippen LogP) is 3.10. The van der Waals surface area contributed by atoms with Gasteiger partial charge in [0.2, 0.25) is 0 Å².